The van der Waals surface area contributed by atoms with E-state index in [1.807, 2.05) is 62.4 Å². The molecule has 0 radical (unpaired) electrons. The molecule has 0 spiro atoms. The van der Waals surface area contributed by atoms with Gasteiger partial charge in [-0.05, 0) is 42.7 Å². The fraction of sp³-hybridized carbons (Fsp3) is 0.292. The first-order valence-electron chi connectivity index (χ1n) is 10.2. The van der Waals surface area contributed by atoms with Gasteiger partial charge in [0.2, 0.25) is 11.8 Å². The van der Waals surface area contributed by atoms with Gasteiger partial charge in [-0.2, -0.15) is 5.26 Å². The fourth-order valence-corrected chi connectivity index (χ4v) is 4.33. The molecule has 31 heavy (non-hydrogen) atoms. The van der Waals surface area contributed by atoms with Crippen LogP contribution in [0.2, 0.25) is 0 Å². The number of para-hydroxylation sites is 1. The largest absolute Gasteiger partial charge is 0.494 e. The lowest BCUT2D eigenvalue weighted by atomic mass is 9.87. The van der Waals surface area contributed by atoms with E-state index in [-0.39, 0.29) is 29.9 Å². The van der Waals surface area contributed by atoms with E-state index in [9.17, 15) is 14.9 Å². The SMILES string of the molecule is CCOc1ccc([C@@H]2CC(=O)NC(SCC(=O)Nc3ccccc3CC)=C2C#N)cc1. The number of ether oxygens (including phenoxy) is 1. The van der Waals surface area contributed by atoms with Crippen molar-refractivity contribution in [2.45, 2.75) is 32.6 Å². The number of allylic oxidation sites excluding steroid dienone is 1. The second-order valence-electron chi connectivity index (χ2n) is 7.01. The highest BCUT2D eigenvalue weighted by atomic mass is 32.2. The van der Waals surface area contributed by atoms with Crippen molar-refractivity contribution in [2.75, 3.05) is 17.7 Å². The summed E-state index contributed by atoms with van der Waals surface area (Å²) in [6, 6.07) is 17.3. The highest BCUT2D eigenvalue weighted by Crippen LogP contribution is 2.36. The van der Waals surface area contributed by atoms with Gasteiger partial charge in [0.15, 0.2) is 0 Å². The molecule has 1 aliphatic heterocycles. The molecular formula is C24H25N3O3S. The maximum absolute atomic E-state index is 12.5. The predicted octanol–water partition coefficient (Wildman–Crippen LogP) is 4.36. The number of thioether (sulfide) groups is 1. The standard InChI is InChI=1S/C24H25N3O3S/c1-3-16-7-5-6-8-21(16)26-23(29)15-31-24-20(14-25)19(13-22(28)27-24)17-9-11-18(12-10-17)30-4-2/h5-12,19H,3-4,13,15H2,1-2H3,(H,26,29)(H,27,28)/t19-/m0/s1. The van der Waals surface area contributed by atoms with Gasteiger partial charge in [-0.3, -0.25) is 9.59 Å². The molecule has 0 fully saturated rings. The van der Waals surface area contributed by atoms with Crippen LogP contribution < -0.4 is 15.4 Å². The third kappa shape index (κ3) is 5.68. The van der Waals surface area contributed by atoms with Gasteiger partial charge in [0.25, 0.3) is 0 Å². The van der Waals surface area contributed by atoms with Crippen molar-refractivity contribution < 1.29 is 14.3 Å². The molecule has 2 aromatic carbocycles. The molecule has 2 aromatic rings. The van der Waals surface area contributed by atoms with Gasteiger partial charge in [0, 0.05) is 18.0 Å². The van der Waals surface area contributed by atoms with Crippen molar-refractivity contribution >= 4 is 29.3 Å². The lowest BCUT2D eigenvalue weighted by molar-refractivity contribution is -0.121. The monoisotopic (exact) mass is 435 g/mol. The second kappa shape index (κ2) is 10.7. The number of benzene rings is 2. The molecule has 3 rings (SSSR count). The summed E-state index contributed by atoms with van der Waals surface area (Å²) < 4.78 is 5.47. The average Bonchev–Trinajstić information content (AvgIpc) is 2.78. The molecule has 1 heterocycles. The van der Waals surface area contributed by atoms with Gasteiger partial charge in [-0.25, -0.2) is 0 Å². The highest BCUT2D eigenvalue weighted by molar-refractivity contribution is 8.03. The first kappa shape index (κ1) is 22.4. The third-order valence-electron chi connectivity index (χ3n) is 4.97. The summed E-state index contributed by atoms with van der Waals surface area (Å²) in [5.41, 5.74) is 3.18. The summed E-state index contributed by atoms with van der Waals surface area (Å²) in [6.45, 7) is 4.51. The molecule has 0 aromatic heterocycles. The Labute approximate surface area is 186 Å². The van der Waals surface area contributed by atoms with Crippen LogP contribution in [0.1, 0.15) is 37.3 Å². The molecule has 2 amide bonds. The maximum Gasteiger partial charge on any atom is 0.234 e. The summed E-state index contributed by atoms with van der Waals surface area (Å²) in [5, 5.41) is 15.9. The number of nitrogens with one attached hydrogen (secondary N) is 2. The van der Waals surface area contributed by atoms with Crippen molar-refractivity contribution in [2.24, 2.45) is 0 Å². The summed E-state index contributed by atoms with van der Waals surface area (Å²) in [5.74, 6) is 0.133. The smallest absolute Gasteiger partial charge is 0.234 e. The van der Waals surface area contributed by atoms with E-state index in [4.69, 9.17) is 4.74 Å². The van der Waals surface area contributed by atoms with E-state index in [1.165, 1.54) is 11.8 Å². The van der Waals surface area contributed by atoms with Crippen LogP contribution in [0.15, 0.2) is 59.1 Å². The summed E-state index contributed by atoms with van der Waals surface area (Å²) >= 11 is 1.17. The lowest BCUT2D eigenvalue weighted by Gasteiger charge is -2.25. The Morgan fingerprint density at radius 1 is 1.23 bits per heavy atom. The Morgan fingerprint density at radius 2 is 1.97 bits per heavy atom. The molecule has 160 valence electrons. The Morgan fingerprint density at radius 3 is 2.65 bits per heavy atom. The Hall–Kier alpha value is -3.24. The van der Waals surface area contributed by atoms with Crippen LogP contribution in [0, 0.1) is 11.3 Å². The van der Waals surface area contributed by atoms with Gasteiger partial charge in [0.05, 0.1) is 29.0 Å². The fourth-order valence-electron chi connectivity index (χ4n) is 3.46. The Balaban J connectivity index is 1.74. The number of rotatable bonds is 8. The summed E-state index contributed by atoms with van der Waals surface area (Å²) in [7, 11) is 0. The molecule has 0 saturated carbocycles. The van der Waals surface area contributed by atoms with Crippen LogP contribution in [0.3, 0.4) is 0 Å². The number of carbonyl (C=O) groups excluding carboxylic acids is 2. The van der Waals surface area contributed by atoms with Gasteiger partial charge >= 0.3 is 0 Å². The van der Waals surface area contributed by atoms with Crippen LogP contribution >= 0.6 is 11.8 Å². The van der Waals surface area contributed by atoms with Crippen LogP contribution in [-0.2, 0) is 16.0 Å². The number of hydrogen-bond donors (Lipinski definition) is 2. The predicted molar refractivity (Wildman–Crippen MR) is 123 cm³/mol. The number of nitriles is 1. The molecule has 1 atom stereocenters. The molecular weight excluding hydrogens is 410 g/mol. The van der Waals surface area contributed by atoms with E-state index in [0.717, 1.165) is 29.0 Å². The first-order chi connectivity index (χ1) is 15.0. The first-order valence-corrected chi connectivity index (χ1v) is 11.2. The number of aryl methyl sites for hydroxylation is 1. The number of nitrogens with zero attached hydrogens (tertiary/aromatic N) is 1. The summed E-state index contributed by atoms with van der Waals surface area (Å²) in [6.07, 6.45) is 1.00. The summed E-state index contributed by atoms with van der Waals surface area (Å²) in [4.78, 5) is 24.8. The van der Waals surface area contributed by atoms with Crippen LogP contribution in [-0.4, -0.2) is 24.2 Å². The highest BCUT2D eigenvalue weighted by Gasteiger charge is 2.30. The minimum atomic E-state index is -0.346. The van der Waals surface area contributed by atoms with E-state index < -0.39 is 0 Å². The average molecular weight is 436 g/mol. The molecule has 0 saturated heterocycles. The number of carbonyl (C=O) groups is 2. The van der Waals surface area contributed by atoms with E-state index in [0.29, 0.717) is 17.2 Å². The second-order valence-corrected chi connectivity index (χ2v) is 7.99. The number of hydrogen-bond acceptors (Lipinski definition) is 5. The molecule has 0 aliphatic carbocycles. The van der Waals surface area contributed by atoms with Gasteiger partial charge in [-0.1, -0.05) is 49.0 Å². The molecule has 6 nitrogen and oxygen atoms in total. The van der Waals surface area contributed by atoms with E-state index in [2.05, 4.69) is 16.7 Å². The van der Waals surface area contributed by atoms with Crippen LogP contribution in [0.25, 0.3) is 0 Å². The van der Waals surface area contributed by atoms with Crippen molar-refractivity contribution in [1.29, 1.82) is 5.26 Å². The van der Waals surface area contributed by atoms with Gasteiger partial charge in [0.1, 0.15) is 5.75 Å². The third-order valence-corrected chi connectivity index (χ3v) is 5.99. The van der Waals surface area contributed by atoms with Crippen molar-refractivity contribution in [1.82, 2.24) is 5.32 Å². The van der Waals surface area contributed by atoms with Crippen LogP contribution in [0.5, 0.6) is 5.75 Å². The molecule has 0 unspecified atom stereocenters. The maximum atomic E-state index is 12.5. The molecule has 1 aliphatic rings. The van der Waals surface area contributed by atoms with Crippen molar-refractivity contribution in [3.63, 3.8) is 0 Å². The zero-order valence-corrected chi connectivity index (χ0v) is 18.4. The molecule has 0 bridgehead atoms. The number of amides is 2. The van der Waals surface area contributed by atoms with Crippen molar-refractivity contribution in [3.8, 4) is 11.8 Å². The van der Waals surface area contributed by atoms with Crippen molar-refractivity contribution in [3.05, 3.63) is 70.3 Å². The minimum absolute atomic E-state index is 0.0921. The molecule has 7 heteroatoms. The normalized spacial score (nSPS) is 15.8. The lowest BCUT2D eigenvalue weighted by Crippen LogP contribution is -2.31. The van der Waals surface area contributed by atoms with E-state index >= 15 is 0 Å². The van der Waals surface area contributed by atoms with Crippen LogP contribution in [0.4, 0.5) is 5.69 Å². The van der Waals surface area contributed by atoms with Gasteiger partial charge < -0.3 is 15.4 Å². The minimum Gasteiger partial charge on any atom is -0.494 e. The molecule has 2 N–H and O–H groups in total. The quantitative estimate of drug-likeness (QED) is 0.643. The van der Waals surface area contributed by atoms with Gasteiger partial charge in [-0.15, -0.1) is 0 Å². The Kier molecular flexibility index (Phi) is 7.74. The van der Waals surface area contributed by atoms with E-state index in [1.54, 1.807) is 0 Å². The zero-order chi connectivity index (χ0) is 22.2. The topological polar surface area (TPSA) is 91.2 Å². The Bertz CT molecular complexity index is 1030. The number of anilines is 1. The zero-order valence-electron chi connectivity index (χ0n) is 17.6.